The molecule has 1 saturated heterocycles. The molecule has 2 heteroatoms. The van der Waals surface area contributed by atoms with E-state index in [9.17, 15) is 5.11 Å². The highest BCUT2D eigenvalue weighted by molar-refractivity contribution is 4.92. The third-order valence-electron chi connectivity index (χ3n) is 3.49. The summed E-state index contributed by atoms with van der Waals surface area (Å²) >= 11 is 0. The van der Waals surface area contributed by atoms with E-state index in [1.165, 1.54) is 0 Å². The van der Waals surface area contributed by atoms with E-state index in [1.54, 1.807) is 0 Å². The molecule has 1 heterocycles. The number of aliphatic hydroxyl groups is 1. The molecule has 0 aromatic rings. The molecule has 0 saturated carbocycles. The van der Waals surface area contributed by atoms with Gasteiger partial charge in [-0.25, -0.2) is 0 Å². The van der Waals surface area contributed by atoms with Crippen LogP contribution in [0.4, 0.5) is 0 Å². The van der Waals surface area contributed by atoms with Crippen molar-refractivity contribution in [2.75, 3.05) is 13.6 Å². The fourth-order valence-electron chi connectivity index (χ4n) is 2.14. The second kappa shape index (κ2) is 3.35. The van der Waals surface area contributed by atoms with E-state index < -0.39 is 5.60 Å². The van der Waals surface area contributed by atoms with Crippen LogP contribution in [0.15, 0.2) is 0 Å². The first kappa shape index (κ1) is 10.0. The van der Waals surface area contributed by atoms with E-state index in [0.717, 1.165) is 19.4 Å². The summed E-state index contributed by atoms with van der Waals surface area (Å²) in [4.78, 5) is 2.33. The van der Waals surface area contributed by atoms with E-state index in [-0.39, 0.29) is 0 Å². The number of rotatable bonds is 1. The third kappa shape index (κ3) is 1.64. The minimum Gasteiger partial charge on any atom is -0.390 e. The van der Waals surface area contributed by atoms with E-state index in [0.29, 0.717) is 12.0 Å². The van der Waals surface area contributed by atoms with Crippen molar-refractivity contribution in [3.8, 4) is 0 Å². The van der Waals surface area contributed by atoms with Crippen LogP contribution >= 0.6 is 0 Å². The fraction of sp³-hybridized carbons (Fsp3) is 1.00. The summed E-state index contributed by atoms with van der Waals surface area (Å²) in [6.07, 6.45) is 1.80. The Bertz CT molecular complexity index is 160. The molecule has 1 aliphatic heterocycles. The lowest BCUT2D eigenvalue weighted by atomic mass is 9.77. The Morgan fingerprint density at radius 2 is 2.08 bits per heavy atom. The van der Waals surface area contributed by atoms with Crippen molar-refractivity contribution in [2.24, 2.45) is 5.92 Å². The molecule has 12 heavy (non-hydrogen) atoms. The molecule has 0 radical (unpaired) electrons. The summed E-state index contributed by atoms with van der Waals surface area (Å²) in [5.41, 5.74) is -0.411. The van der Waals surface area contributed by atoms with Gasteiger partial charge in [-0.1, -0.05) is 13.8 Å². The second-order valence-electron chi connectivity index (χ2n) is 4.35. The van der Waals surface area contributed by atoms with Crippen molar-refractivity contribution in [1.82, 2.24) is 4.90 Å². The highest BCUT2D eigenvalue weighted by atomic mass is 16.3. The highest BCUT2D eigenvalue weighted by Crippen LogP contribution is 2.32. The normalized spacial score (nSPS) is 44.8. The first-order valence-electron chi connectivity index (χ1n) is 4.92. The molecule has 1 fully saturated rings. The Morgan fingerprint density at radius 1 is 1.50 bits per heavy atom. The number of hydrogen-bond acceptors (Lipinski definition) is 2. The van der Waals surface area contributed by atoms with Crippen molar-refractivity contribution in [2.45, 2.75) is 45.3 Å². The molecule has 1 rings (SSSR count). The van der Waals surface area contributed by atoms with Gasteiger partial charge in [-0.2, -0.15) is 0 Å². The predicted molar refractivity (Wildman–Crippen MR) is 51.1 cm³/mol. The Labute approximate surface area is 75.6 Å². The van der Waals surface area contributed by atoms with Crippen molar-refractivity contribution >= 4 is 0 Å². The van der Waals surface area contributed by atoms with Gasteiger partial charge in [0.2, 0.25) is 0 Å². The smallest absolute Gasteiger partial charge is 0.0697 e. The van der Waals surface area contributed by atoms with Crippen LogP contribution in [0, 0.1) is 5.92 Å². The average Bonchev–Trinajstić information content (AvgIpc) is 2.01. The predicted octanol–water partition coefficient (Wildman–Crippen LogP) is 1.49. The molecule has 0 aromatic carbocycles. The molecule has 0 aliphatic carbocycles. The zero-order valence-corrected chi connectivity index (χ0v) is 8.67. The molecule has 1 N–H and O–H groups in total. The maximum Gasteiger partial charge on any atom is 0.0697 e. The first-order chi connectivity index (χ1) is 5.49. The molecule has 0 bridgehead atoms. The van der Waals surface area contributed by atoms with Gasteiger partial charge >= 0.3 is 0 Å². The third-order valence-corrected chi connectivity index (χ3v) is 3.49. The van der Waals surface area contributed by atoms with Crippen molar-refractivity contribution < 1.29 is 5.11 Å². The lowest BCUT2D eigenvalue weighted by Gasteiger charge is -2.45. The minimum absolute atomic E-state index is 0.406. The topological polar surface area (TPSA) is 23.5 Å². The maximum absolute atomic E-state index is 10.2. The van der Waals surface area contributed by atoms with Crippen LogP contribution in [0.25, 0.3) is 0 Å². The van der Waals surface area contributed by atoms with Crippen molar-refractivity contribution in [1.29, 1.82) is 0 Å². The van der Waals surface area contributed by atoms with Crippen LogP contribution < -0.4 is 0 Å². The van der Waals surface area contributed by atoms with Gasteiger partial charge in [-0.3, -0.25) is 0 Å². The maximum atomic E-state index is 10.2. The second-order valence-corrected chi connectivity index (χ2v) is 4.35. The molecule has 1 aliphatic rings. The molecule has 0 unspecified atom stereocenters. The number of nitrogens with zero attached hydrogens (tertiary/aromatic N) is 1. The summed E-state index contributed by atoms with van der Waals surface area (Å²) in [7, 11) is 2.14. The average molecular weight is 171 g/mol. The molecular formula is C10H21NO. The largest absolute Gasteiger partial charge is 0.390 e. The van der Waals surface area contributed by atoms with E-state index in [4.69, 9.17) is 0 Å². The molecule has 72 valence electrons. The summed E-state index contributed by atoms with van der Waals surface area (Å²) in [6, 6.07) is 0.520. The summed E-state index contributed by atoms with van der Waals surface area (Å²) < 4.78 is 0. The van der Waals surface area contributed by atoms with E-state index >= 15 is 0 Å². The van der Waals surface area contributed by atoms with Crippen LogP contribution in [-0.4, -0.2) is 35.2 Å². The Balaban J connectivity index is 2.67. The monoisotopic (exact) mass is 171 g/mol. The minimum atomic E-state index is -0.411. The van der Waals surface area contributed by atoms with Gasteiger partial charge in [0, 0.05) is 12.6 Å². The van der Waals surface area contributed by atoms with Gasteiger partial charge in [-0.05, 0) is 32.7 Å². The standard InChI is InChI=1S/C10H21NO/c1-5-10(12)6-9(3)11(4)7-8(10)2/h8-9,12H,5-7H2,1-4H3/t8-,9-,10-/m0/s1. The van der Waals surface area contributed by atoms with Crippen LogP contribution in [0.5, 0.6) is 0 Å². The fourth-order valence-corrected chi connectivity index (χ4v) is 2.14. The number of piperidine rings is 1. The Morgan fingerprint density at radius 3 is 2.58 bits per heavy atom. The van der Waals surface area contributed by atoms with Crippen LogP contribution in [0.1, 0.15) is 33.6 Å². The van der Waals surface area contributed by atoms with Gasteiger partial charge in [0.15, 0.2) is 0 Å². The van der Waals surface area contributed by atoms with Crippen molar-refractivity contribution in [3.05, 3.63) is 0 Å². The summed E-state index contributed by atoms with van der Waals surface area (Å²) in [5.74, 6) is 0.406. The van der Waals surface area contributed by atoms with Gasteiger partial charge in [0.05, 0.1) is 5.60 Å². The Kier molecular flexibility index (Phi) is 2.79. The SMILES string of the molecule is CC[C@]1(O)C[C@H](C)N(C)C[C@@H]1C. The lowest BCUT2D eigenvalue weighted by Crippen LogP contribution is -2.53. The quantitative estimate of drug-likeness (QED) is 0.646. The van der Waals surface area contributed by atoms with Crippen LogP contribution in [0.3, 0.4) is 0 Å². The first-order valence-corrected chi connectivity index (χ1v) is 4.92. The van der Waals surface area contributed by atoms with Gasteiger partial charge in [0.25, 0.3) is 0 Å². The van der Waals surface area contributed by atoms with Crippen molar-refractivity contribution in [3.63, 3.8) is 0 Å². The van der Waals surface area contributed by atoms with E-state index in [2.05, 4.69) is 32.7 Å². The van der Waals surface area contributed by atoms with E-state index in [1.807, 2.05) is 0 Å². The van der Waals surface area contributed by atoms with Crippen LogP contribution in [-0.2, 0) is 0 Å². The highest BCUT2D eigenvalue weighted by Gasteiger charge is 2.39. The zero-order chi connectivity index (χ0) is 9.35. The number of hydrogen-bond donors (Lipinski definition) is 1. The van der Waals surface area contributed by atoms with Crippen LogP contribution in [0.2, 0.25) is 0 Å². The molecule has 0 aromatic heterocycles. The lowest BCUT2D eigenvalue weighted by molar-refractivity contribution is -0.0806. The van der Waals surface area contributed by atoms with Gasteiger partial charge in [-0.15, -0.1) is 0 Å². The summed E-state index contributed by atoms with van der Waals surface area (Å²) in [6.45, 7) is 7.43. The molecular weight excluding hydrogens is 150 g/mol. The summed E-state index contributed by atoms with van der Waals surface area (Å²) in [5, 5.41) is 10.2. The molecule has 2 nitrogen and oxygen atoms in total. The number of likely N-dealkylation sites (tertiary alicyclic amines) is 1. The Hall–Kier alpha value is -0.0800. The molecule has 0 amide bonds. The van der Waals surface area contributed by atoms with Gasteiger partial charge in [0.1, 0.15) is 0 Å². The molecule has 0 spiro atoms. The zero-order valence-electron chi connectivity index (χ0n) is 8.67. The van der Waals surface area contributed by atoms with Gasteiger partial charge < -0.3 is 10.0 Å². The molecule has 3 atom stereocenters.